The predicted molar refractivity (Wildman–Crippen MR) is 232 cm³/mol. The summed E-state index contributed by atoms with van der Waals surface area (Å²) >= 11 is 0. The number of carbonyl (C=O) groups excluding carboxylic acids is 1. The Morgan fingerprint density at radius 3 is 1.89 bits per heavy atom. The molecule has 0 aromatic heterocycles. The Hall–Kier alpha value is -2.26. The van der Waals surface area contributed by atoms with Gasteiger partial charge in [-0.05, 0) is 83.1 Å². The fourth-order valence-electron chi connectivity index (χ4n) is 5.36. The van der Waals surface area contributed by atoms with Gasteiger partial charge < -0.3 is 33.0 Å². The molecule has 10 heteroatoms. The average molecular weight is 808 g/mol. The van der Waals surface area contributed by atoms with Gasteiger partial charge in [-0.3, -0.25) is 9.36 Å². The lowest BCUT2D eigenvalue weighted by atomic mass is 10.1. The number of hydrogen-bond acceptors (Lipinski definition) is 8. The van der Waals surface area contributed by atoms with Crippen molar-refractivity contribution in [3.63, 3.8) is 0 Å². The molecule has 0 saturated carbocycles. The number of rotatable bonds is 39. The number of aliphatic hydroxyl groups excluding tert-OH is 1. The van der Waals surface area contributed by atoms with E-state index in [2.05, 4.69) is 32.1 Å². The van der Waals surface area contributed by atoms with E-state index in [-0.39, 0.29) is 32.2 Å². The number of ether oxygens (including phenoxy) is 2. The van der Waals surface area contributed by atoms with Crippen molar-refractivity contribution in [3.05, 3.63) is 73.1 Å². The van der Waals surface area contributed by atoms with E-state index >= 15 is 0 Å². The zero-order chi connectivity index (χ0) is 41.4. The summed E-state index contributed by atoms with van der Waals surface area (Å²) in [6.45, 7) is 4.49. The molecule has 0 aliphatic heterocycles. The quantitative estimate of drug-likeness (QED) is 0.0124. The van der Waals surface area contributed by atoms with E-state index in [1.807, 2.05) is 63.7 Å². The van der Waals surface area contributed by atoms with Crippen LogP contribution >= 0.6 is 7.82 Å². The highest BCUT2D eigenvalue weighted by Gasteiger charge is 2.19. The molecule has 324 valence electrons. The van der Waals surface area contributed by atoms with Crippen molar-refractivity contribution in [1.29, 1.82) is 0 Å². The summed E-state index contributed by atoms with van der Waals surface area (Å²) in [5.41, 5.74) is 0. The lowest BCUT2D eigenvalue weighted by molar-refractivity contribution is -0.870. The molecule has 0 bridgehead atoms. The minimum absolute atomic E-state index is 0.00418. The second kappa shape index (κ2) is 38.3. The maximum absolute atomic E-state index is 12.5. The molecule has 0 fully saturated rings. The molecular formula is C46H82NO8P. The first-order chi connectivity index (χ1) is 27.0. The van der Waals surface area contributed by atoms with Gasteiger partial charge in [0.15, 0.2) is 6.10 Å². The molecule has 0 amide bonds. The maximum atomic E-state index is 12.5. The topological polar surface area (TPSA) is 114 Å². The summed E-state index contributed by atoms with van der Waals surface area (Å²) in [7, 11) is 1.28. The molecule has 0 aliphatic carbocycles. The Kier molecular flexibility index (Phi) is 36.7. The molecule has 0 spiro atoms. The van der Waals surface area contributed by atoms with Crippen molar-refractivity contribution < 1.29 is 42.4 Å². The minimum atomic E-state index is -4.55. The van der Waals surface area contributed by atoms with Gasteiger partial charge in [-0.25, -0.2) is 0 Å². The minimum Gasteiger partial charge on any atom is -0.756 e. The van der Waals surface area contributed by atoms with E-state index < -0.39 is 20.0 Å². The van der Waals surface area contributed by atoms with Crippen LogP contribution in [0.5, 0.6) is 0 Å². The Bertz CT molecular complexity index is 1140. The molecule has 0 aromatic rings. The van der Waals surface area contributed by atoms with Gasteiger partial charge in [0, 0.05) is 6.42 Å². The molecule has 0 aromatic carbocycles. The van der Waals surface area contributed by atoms with Crippen LogP contribution in [-0.4, -0.2) is 75.3 Å². The fourth-order valence-corrected chi connectivity index (χ4v) is 6.09. The van der Waals surface area contributed by atoms with Crippen LogP contribution in [0.1, 0.15) is 155 Å². The van der Waals surface area contributed by atoms with Gasteiger partial charge in [-0.1, -0.05) is 132 Å². The molecule has 56 heavy (non-hydrogen) atoms. The van der Waals surface area contributed by atoms with Crippen LogP contribution in [0.3, 0.4) is 0 Å². The van der Waals surface area contributed by atoms with Gasteiger partial charge in [0.2, 0.25) is 0 Å². The first-order valence-corrected chi connectivity index (χ1v) is 23.3. The summed E-state index contributed by atoms with van der Waals surface area (Å²) < 4.78 is 34.2. The summed E-state index contributed by atoms with van der Waals surface area (Å²) in [6, 6.07) is 0. The number of allylic oxidation sites excluding steroid dienone is 9. The molecule has 0 heterocycles. The van der Waals surface area contributed by atoms with Gasteiger partial charge in [0.25, 0.3) is 7.82 Å². The van der Waals surface area contributed by atoms with E-state index in [1.54, 1.807) is 12.3 Å². The highest BCUT2D eigenvalue weighted by atomic mass is 31.2. The molecule has 9 nitrogen and oxygen atoms in total. The van der Waals surface area contributed by atoms with Crippen LogP contribution in [-0.2, 0) is 27.9 Å². The molecule has 0 rings (SSSR count). The molecule has 0 aliphatic rings. The molecule has 1 N–H and O–H groups in total. The summed E-state index contributed by atoms with van der Waals surface area (Å²) in [6.07, 6.45) is 46.2. The van der Waals surface area contributed by atoms with Gasteiger partial charge in [-0.15, -0.1) is 0 Å². The lowest BCUT2D eigenvalue weighted by Crippen LogP contribution is -2.37. The lowest BCUT2D eigenvalue weighted by Gasteiger charge is -2.28. The largest absolute Gasteiger partial charge is 0.756 e. The Balaban J connectivity index is 4.47. The van der Waals surface area contributed by atoms with Crippen LogP contribution in [0.25, 0.3) is 0 Å². The Morgan fingerprint density at radius 2 is 1.23 bits per heavy atom. The number of likely N-dealkylation sites (N-methyl/N-ethyl adjacent to an activating group) is 1. The summed E-state index contributed by atoms with van der Waals surface area (Å²) in [5.74, 6) is -0.377. The number of unbranched alkanes of at least 4 members (excludes halogenated alkanes) is 15. The number of hydrogen-bond donors (Lipinski definition) is 1. The Labute approximate surface area is 343 Å². The van der Waals surface area contributed by atoms with E-state index in [9.17, 15) is 19.4 Å². The van der Waals surface area contributed by atoms with Crippen molar-refractivity contribution >= 4 is 13.8 Å². The normalized spacial score (nSPS) is 15.0. The zero-order valence-electron chi connectivity index (χ0n) is 36.2. The SMILES string of the molecule is CCCCC/C=C\C[C@@H](O)/C=C/C=C\C/C=C\CCCC(=O)OC[C@H](COP(=O)([O-])OCC[N+](C)(C)C)O/C=C/CCCCCCCC/C=C\CCCCCC. The first-order valence-electron chi connectivity index (χ1n) is 21.8. The second-order valence-corrected chi connectivity index (χ2v) is 17.0. The van der Waals surface area contributed by atoms with Gasteiger partial charge in [-0.2, -0.15) is 0 Å². The number of phosphoric acid groups is 1. The third-order valence-corrected chi connectivity index (χ3v) is 9.86. The molecule has 0 radical (unpaired) electrons. The summed E-state index contributed by atoms with van der Waals surface area (Å²) in [5, 5.41) is 10.0. The van der Waals surface area contributed by atoms with Crippen molar-refractivity contribution in [1.82, 2.24) is 0 Å². The van der Waals surface area contributed by atoms with E-state index in [4.69, 9.17) is 18.5 Å². The second-order valence-electron chi connectivity index (χ2n) is 15.6. The van der Waals surface area contributed by atoms with Crippen LogP contribution in [0.4, 0.5) is 0 Å². The van der Waals surface area contributed by atoms with Crippen molar-refractivity contribution in [2.45, 2.75) is 167 Å². The number of carbonyl (C=O) groups is 1. The number of aliphatic hydroxyl groups is 1. The number of phosphoric ester groups is 1. The van der Waals surface area contributed by atoms with Gasteiger partial charge in [0.1, 0.15) is 19.8 Å². The fraction of sp³-hybridized carbons (Fsp3) is 0.717. The van der Waals surface area contributed by atoms with Crippen molar-refractivity contribution in [2.75, 3.05) is 47.5 Å². The monoisotopic (exact) mass is 808 g/mol. The zero-order valence-corrected chi connectivity index (χ0v) is 37.1. The van der Waals surface area contributed by atoms with Crippen molar-refractivity contribution in [3.8, 4) is 0 Å². The van der Waals surface area contributed by atoms with Crippen molar-refractivity contribution in [2.24, 2.45) is 0 Å². The molecule has 1 unspecified atom stereocenters. The van der Waals surface area contributed by atoms with Crippen LogP contribution in [0, 0.1) is 0 Å². The van der Waals surface area contributed by atoms with Gasteiger partial charge >= 0.3 is 5.97 Å². The highest BCUT2D eigenvalue weighted by Crippen LogP contribution is 2.38. The van der Waals surface area contributed by atoms with Crippen LogP contribution in [0.15, 0.2) is 73.1 Å². The first kappa shape index (κ1) is 53.7. The van der Waals surface area contributed by atoms with Gasteiger partial charge in [0.05, 0.1) is 40.1 Å². The summed E-state index contributed by atoms with van der Waals surface area (Å²) in [4.78, 5) is 24.8. The smallest absolute Gasteiger partial charge is 0.305 e. The highest BCUT2D eigenvalue weighted by molar-refractivity contribution is 7.45. The maximum Gasteiger partial charge on any atom is 0.305 e. The van der Waals surface area contributed by atoms with E-state index in [0.29, 0.717) is 23.9 Å². The standard InChI is InChI=1S/C46H82NO8P/c1-6-8-10-12-14-15-16-17-18-19-20-21-24-27-31-35-40-52-45(43-55-56(50,51)54-41-39-47(3,4)5)42-53-46(49)38-34-30-26-23-22-25-29-33-37-44(48)36-32-28-13-11-9-7-2/h15-16,23,25-26,28-29,32-33,35,37,40,44-45,48H,6-14,17-22,24,27,30-31,34,36,38-39,41-43H2,1-5H3/b16-15-,26-23-,29-25-,32-28-,37-33+,40-35+/t44-,45-/m1/s1. The van der Waals surface area contributed by atoms with Crippen LogP contribution in [0.2, 0.25) is 0 Å². The molecule has 3 atom stereocenters. The molecular weight excluding hydrogens is 725 g/mol. The third kappa shape index (κ3) is 41.4. The number of quaternary nitrogens is 1. The third-order valence-electron chi connectivity index (χ3n) is 8.90. The van der Waals surface area contributed by atoms with Crippen LogP contribution < -0.4 is 4.89 Å². The predicted octanol–water partition coefficient (Wildman–Crippen LogP) is 11.4. The Morgan fingerprint density at radius 1 is 0.679 bits per heavy atom. The average Bonchev–Trinajstić information content (AvgIpc) is 3.15. The molecule has 0 saturated heterocycles. The number of esters is 1. The van der Waals surface area contributed by atoms with E-state index in [1.165, 1.54) is 83.5 Å². The number of nitrogens with zero attached hydrogens (tertiary/aromatic N) is 1. The van der Waals surface area contributed by atoms with E-state index in [0.717, 1.165) is 38.5 Å².